The van der Waals surface area contributed by atoms with Crippen molar-refractivity contribution in [2.24, 2.45) is 17.6 Å². The molecule has 0 spiro atoms. The van der Waals surface area contributed by atoms with Crippen LogP contribution in [-0.2, 0) is 0 Å². The molecule has 106 valence electrons. The summed E-state index contributed by atoms with van der Waals surface area (Å²) in [4.78, 5) is 4.56. The lowest BCUT2D eigenvalue weighted by Gasteiger charge is -2.31. The minimum absolute atomic E-state index is 0.170. The van der Waals surface area contributed by atoms with Gasteiger partial charge < -0.3 is 5.73 Å². The van der Waals surface area contributed by atoms with E-state index in [0.29, 0.717) is 5.92 Å². The number of benzene rings is 1. The largest absolute Gasteiger partial charge is 0.324 e. The van der Waals surface area contributed by atoms with Crippen LogP contribution in [0, 0.1) is 18.8 Å². The first-order valence-electron chi connectivity index (χ1n) is 7.76. The predicted molar refractivity (Wildman–Crippen MR) is 84.5 cm³/mol. The van der Waals surface area contributed by atoms with Crippen LogP contribution in [0.4, 0.5) is 0 Å². The number of pyridine rings is 1. The molecule has 1 aromatic carbocycles. The van der Waals surface area contributed by atoms with E-state index >= 15 is 0 Å². The zero-order valence-corrected chi connectivity index (χ0v) is 12.5. The van der Waals surface area contributed by atoms with E-state index in [1.165, 1.54) is 36.6 Å². The van der Waals surface area contributed by atoms with Gasteiger partial charge in [-0.05, 0) is 55.4 Å². The molecular formula is C18H24N2. The Morgan fingerprint density at radius 2 is 2.05 bits per heavy atom. The summed E-state index contributed by atoms with van der Waals surface area (Å²) in [5.41, 5.74) is 9.93. The van der Waals surface area contributed by atoms with E-state index in [-0.39, 0.29) is 6.04 Å². The maximum atomic E-state index is 6.53. The molecule has 0 saturated heterocycles. The highest BCUT2D eigenvalue weighted by Gasteiger charge is 2.25. The van der Waals surface area contributed by atoms with E-state index in [9.17, 15) is 0 Å². The molecule has 2 aromatic rings. The molecule has 2 nitrogen and oxygen atoms in total. The van der Waals surface area contributed by atoms with Gasteiger partial charge in [0.15, 0.2) is 0 Å². The van der Waals surface area contributed by atoms with Gasteiger partial charge in [0.05, 0.1) is 5.52 Å². The van der Waals surface area contributed by atoms with Crippen molar-refractivity contribution in [2.45, 2.75) is 45.6 Å². The highest BCUT2D eigenvalue weighted by atomic mass is 14.7. The number of hydrogen-bond donors (Lipinski definition) is 1. The molecule has 1 aliphatic carbocycles. The third-order valence-corrected chi connectivity index (χ3v) is 4.72. The number of nitrogens with zero attached hydrogens (tertiary/aromatic N) is 1. The molecule has 3 rings (SSSR count). The lowest BCUT2D eigenvalue weighted by Crippen LogP contribution is -2.26. The van der Waals surface area contributed by atoms with Crippen LogP contribution < -0.4 is 5.73 Å². The number of aromatic nitrogens is 1. The van der Waals surface area contributed by atoms with Crippen LogP contribution in [0.1, 0.15) is 49.9 Å². The van der Waals surface area contributed by atoms with Crippen molar-refractivity contribution < 1.29 is 0 Å². The van der Waals surface area contributed by atoms with Crippen LogP contribution in [0.15, 0.2) is 30.3 Å². The molecule has 0 bridgehead atoms. The fourth-order valence-electron chi connectivity index (χ4n) is 3.53. The van der Waals surface area contributed by atoms with Crippen LogP contribution in [0.5, 0.6) is 0 Å². The summed E-state index contributed by atoms with van der Waals surface area (Å²) >= 11 is 0. The van der Waals surface area contributed by atoms with Crippen molar-refractivity contribution in [1.29, 1.82) is 0 Å². The van der Waals surface area contributed by atoms with E-state index in [2.05, 4.69) is 42.2 Å². The van der Waals surface area contributed by atoms with E-state index in [0.717, 1.165) is 17.1 Å². The molecule has 1 heterocycles. The highest BCUT2D eigenvalue weighted by Crippen LogP contribution is 2.36. The normalized spacial score (nSPS) is 24.8. The quantitative estimate of drug-likeness (QED) is 0.878. The molecule has 3 atom stereocenters. The minimum atomic E-state index is 0.170. The minimum Gasteiger partial charge on any atom is -0.324 e. The SMILES string of the molecule is Cc1ccc2cc(C(N)C3CCCC(C)C3)ccc2n1. The standard InChI is InChI=1S/C18H24N2/c1-12-4-3-5-15(10-12)18(19)16-8-9-17-14(11-16)7-6-13(2)20-17/h6-9,11-12,15,18H,3-5,10,19H2,1-2H3. The fourth-order valence-corrected chi connectivity index (χ4v) is 3.53. The molecule has 2 heteroatoms. The van der Waals surface area contributed by atoms with Crippen LogP contribution in [0.2, 0.25) is 0 Å². The maximum Gasteiger partial charge on any atom is 0.0705 e. The summed E-state index contributed by atoms with van der Waals surface area (Å²) in [6.07, 6.45) is 5.24. The lowest BCUT2D eigenvalue weighted by molar-refractivity contribution is 0.248. The van der Waals surface area contributed by atoms with Gasteiger partial charge in [-0.2, -0.15) is 0 Å². The summed E-state index contributed by atoms with van der Waals surface area (Å²) < 4.78 is 0. The highest BCUT2D eigenvalue weighted by molar-refractivity contribution is 5.79. The first-order valence-corrected chi connectivity index (χ1v) is 7.76. The third kappa shape index (κ3) is 2.71. The Morgan fingerprint density at radius 3 is 2.85 bits per heavy atom. The first-order chi connectivity index (χ1) is 9.63. The summed E-state index contributed by atoms with van der Waals surface area (Å²) in [6, 6.07) is 10.9. The number of hydrogen-bond acceptors (Lipinski definition) is 2. The summed E-state index contributed by atoms with van der Waals surface area (Å²) in [7, 11) is 0. The van der Waals surface area contributed by atoms with Gasteiger partial charge in [0.1, 0.15) is 0 Å². The van der Waals surface area contributed by atoms with Gasteiger partial charge in [0.2, 0.25) is 0 Å². The zero-order chi connectivity index (χ0) is 14.1. The predicted octanol–water partition coefficient (Wildman–Crippen LogP) is 4.37. The monoisotopic (exact) mass is 268 g/mol. The molecule has 2 N–H and O–H groups in total. The molecular weight excluding hydrogens is 244 g/mol. The first kappa shape index (κ1) is 13.6. The maximum absolute atomic E-state index is 6.53. The Labute approximate surface area is 121 Å². The summed E-state index contributed by atoms with van der Waals surface area (Å²) in [5.74, 6) is 1.46. The second-order valence-electron chi connectivity index (χ2n) is 6.46. The number of fused-ring (bicyclic) bond motifs is 1. The molecule has 3 unspecified atom stereocenters. The van der Waals surface area contributed by atoms with E-state index in [1.807, 2.05) is 6.92 Å². The Morgan fingerprint density at radius 1 is 1.20 bits per heavy atom. The Hall–Kier alpha value is -1.41. The molecule has 0 aliphatic heterocycles. The Bertz CT molecular complexity index is 605. The van der Waals surface area contributed by atoms with Gasteiger partial charge in [0.25, 0.3) is 0 Å². The number of nitrogens with two attached hydrogens (primary N) is 1. The van der Waals surface area contributed by atoms with Crippen molar-refractivity contribution >= 4 is 10.9 Å². The lowest BCUT2D eigenvalue weighted by atomic mass is 9.77. The fraction of sp³-hybridized carbons (Fsp3) is 0.500. The van der Waals surface area contributed by atoms with Gasteiger partial charge in [-0.3, -0.25) is 4.98 Å². The van der Waals surface area contributed by atoms with Crippen LogP contribution in [0.25, 0.3) is 10.9 Å². The van der Waals surface area contributed by atoms with E-state index in [1.54, 1.807) is 0 Å². The van der Waals surface area contributed by atoms with Gasteiger partial charge in [-0.25, -0.2) is 0 Å². The van der Waals surface area contributed by atoms with Crippen LogP contribution in [-0.4, -0.2) is 4.98 Å². The third-order valence-electron chi connectivity index (χ3n) is 4.72. The van der Waals surface area contributed by atoms with Crippen LogP contribution in [0.3, 0.4) is 0 Å². The second-order valence-corrected chi connectivity index (χ2v) is 6.46. The molecule has 0 amide bonds. The van der Waals surface area contributed by atoms with Crippen molar-refractivity contribution in [1.82, 2.24) is 4.98 Å². The summed E-state index contributed by atoms with van der Waals surface area (Å²) in [6.45, 7) is 4.38. The smallest absolute Gasteiger partial charge is 0.0705 e. The Balaban J connectivity index is 1.87. The average molecular weight is 268 g/mol. The van der Waals surface area contributed by atoms with Gasteiger partial charge in [-0.1, -0.05) is 31.9 Å². The van der Waals surface area contributed by atoms with Gasteiger partial charge >= 0.3 is 0 Å². The van der Waals surface area contributed by atoms with Crippen molar-refractivity contribution in [3.05, 3.63) is 41.6 Å². The molecule has 1 fully saturated rings. The van der Waals surface area contributed by atoms with Crippen molar-refractivity contribution in [2.75, 3.05) is 0 Å². The molecule has 1 aliphatic rings. The van der Waals surface area contributed by atoms with Gasteiger partial charge in [-0.15, -0.1) is 0 Å². The molecule has 0 radical (unpaired) electrons. The van der Waals surface area contributed by atoms with Crippen molar-refractivity contribution in [3.8, 4) is 0 Å². The number of aryl methyl sites for hydroxylation is 1. The topological polar surface area (TPSA) is 38.9 Å². The number of rotatable bonds is 2. The summed E-state index contributed by atoms with van der Waals surface area (Å²) in [5, 5.41) is 1.20. The average Bonchev–Trinajstić information content (AvgIpc) is 2.46. The Kier molecular flexibility index (Phi) is 3.75. The zero-order valence-electron chi connectivity index (χ0n) is 12.5. The van der Waals surface area contributed by atoms with Gasteiger partial charge in [0, 0.05) is 17.1 Å². The van der Waals surface area contributed by atoms with Crippen molar-refractivity contribution in [3.63, 3.8) is 0 Å². The molecule has 1 aromatic heterocycles. The molecule has 1 saturated carbocycles. The van der Waals surface area contributed by atoms with E-state index in [4.69, 9.17) is 5.73 Å². The van der Waals surface area contributed by atoms with Crippen LogP contribution >= 0.6 is 0 Å². The second kappa shape index (κ2) is 5.53. The van der Waals surface area contributed by atoms with E-state index < -0.39 is 0 Å². The molecule has 20 heavy (non-hydrogen) atoms.